The topological polar surface area (TPSA) is 85.8 Å². The van der Waals surface area contributed by atoms with Gasteiger partial charge in [0.1, 0.15) is 11.6 Å². The van der Waals surface area contributed by atoms with Crippen LogP contribution in [-0.4, -0.2) is 31.4 Å². The summed E-state index contributed by atoms with van der Waals surface area (Å²) in [5, 5.41) is 11.9. The van der Waals surface area contributed by atoms with E-state index in [2.05, 4.69) is 20.5 Å². The summed E-state index contributed by atoms with van der Waals surface area (Å²) in [5.41, 5.74) is 1.40. The number of pyridine rings is 1. The van der Waals surface area contributed by atoms with Crippen LogP contribution in [0.5, 0.6) is 0 Å². The van der Waals surface area contributed by atoms with Crippen LogP contribution in [0.4, 0.5) is 10.1 Å². The average molecular weight is 409 g/mol. The molecule has 0 spiro atoms. The number of rotatable bonds is 7. The number of anilines is 1. The molecular formula is C20H16FN5O2S. The van der Waals surface area contributed by atoms with E-state index in [1.165, 1.54) is 36.0 Å². The van der Waals surface area contributed by atoms with Gasteiger partial charge in [-0.3, -0.25) is 14.3 Å². The summed E-state index contributed by atoms with van der Waals surface area (Å²) in [7, 11) is 0. The van der Waals surface area contributed by atoms with Gasteiger partial charge < -0.3 is 9.73 Å². The fraction of sp³-hybridized carbons (Fsp3) is 0.100. The van der Waals surface area contributed by atoms with Gasteiger partial charge in [-0.25, -0.2) is 4.39 Å². The first-order valence-electron chi connectivity index (χ1n) is 8.73. The van der Waals surface area contributed by atoms with Gasteiger partial charge >= 0.3 is 0 Å². The second-order valence-electron chi connectivity index (χ2n) is 6.05. The number of carbonyl (C=O) groups excluding carboxylic acids is 1. The minimum Gasteiger partial charge on any atom is -0.467 e. The zero-order valence-corrected chi connectivity index (χ0v) is 16.0. The number of amides is 1. The van der Waals surface area contributed by atoms with Crippen molar-refractivity contribution in [2.75, 3.05) is 11.1 Å². The Balaban J connectivity index is 1.51. The lowest BCUT2D eigenvalue weighted by Gasteiger charge is -2.09. The van der Waals surface area contributed by atoms with Gasteiger partial charge in [0.25, 0.3) is 0 Å². The summed E-state index contributed by atoms with van der Waals surface area (Å²) in [5.74, 6) is 0.957. The van der Waals surface area contributed by atoms with Crippen LogP contribution in [0.25, 0.3) is 11.4 Å². The molecule has 0 aliphatic heterocycles. The van der Waals surface area contributed by atoms with Crippen LogP contribution in [0, 0.1) is 5.82 Å². The summed E-state index contributed by atoms with van der Waals surface area (Å²) in [6, 6.07) is 13.0. The predicted molar refractivity (Wildman–Crippen MR) is 107 cm³/mol. The zero-order chi connectivity index (χ0) is 20.1. The first kappa shape index (κ1) is 18.9. The summed E-state index contributed by atoms with van der Waals surface area (Å²) in [4.78, 5) is 16.3. The van der Waals surface area contributed by atoms with Crippen LogP contribution < -0.4 is 5.32 Å². The van der Waals surface area contributed by atoms with E-state index < -0.39 is 0 Å². The van der Waals surface area contributed by atoms with Gasteiger partial charge in [-0.2, -0.15) is 0 Å². The minimum absolute atomic E-state index is 0.129. The number of benzene rings is 1. The van der Waals surface area contributed by atoms with Gasteiger partial charge in [0.2, 0.25) is 5.91 Å². The molecule has 3 heterocycles. The van der Waals surface area contributed by atoms with E-state index in [0.29, 0.717) is 23.2 Å². The highest BCUT2D eigenvalue weighted by molar-refractivity contribution is 7.99. The summed E-state index contributed by atoms with van der Waals surface area (Å²) >= 11 is 1.26. The highest BCUT2D eigenvalue weighted by atomic mass is 32.2. The lowest BCUT2D eigenvalue weighted by atomic mass is 10.2. The number of aromatic nitrogens is 4. The van der Waals surface area contributed by atoms with Crippen molar-refractivity contribution in [1.82, 2.24) is 19.7 Å². The second-order valence-corrected chi connectivity index (χ2v) is 6.99. The molecule has 1 aromatic carbocycles. The van der Waals surface area contributed by atoms with Gasteiger partial charge in [0.15, 0.2) is 11.0 Å². The Labute approximate surface area is 170 Å². The van der Waals surface area contributed by atoms with Crippen LogP contribution in [-0.2, 0) is 11.3 Å². The van der Waals surface area contributed by atoms with Crippen LogP contribution in [0.15, 0.2) is 76.8 Å². The van der Waals surface area contributed by atoms with Crippen molar-refractivity contribution in [1.29, 1.82) is 0 Å². The van der Waals surface area contributed by atoms with Crippen LogP contribution in [0.3, 0.4) is 0 Å². The Morgan fingerprint density at radius 3 is 2.62 bits per heavy atom. The van der Waals surface area contributed by atoms with E-state index in [-0.39, 0.29) is 17.5 Å². The maximum absolute atomic E-state index is 13.0. The molecule has 7 nitrogen and oxygen atoms in total. The first-order chi connectivity index (χ1) is 14.2. The Morgan fingerprint density at radius 2 is 1.90 bits per heavy atom. The lowest BCUT2D eigenvalue weighted by molar-refractivity contribution is -0.113. The molecule has 0 saturated heterocycles. The van der Waals surface area contributed by atoms with Crippen LogP contribution in [0.1, 0.15) is 5.76 Å². The SMILES string of the molecule is O=C(CSc1nnc(-c2ccncc2)n1Cc1ccco1)Nc1ccc(F)cc1. The number of hydrogen-bond acceptors (Lipinski definition) is 6. The first-order valence-corrected chi connectivity index (χ1v) is 9.72. The van der Waals surface area contributed by atoms with Crippen molar-refractivity contribution in [3.05, 3.63) is 78.8 Å². The van der Waals surface area contributed by atoms with Crippen LogP contribution >= 0.6 is 11.8 Å². The lowest BCUT2D eigenvalue weighted by Crippen LogP contribution is -2.14. The van der Waals surface area contributed by atoms with Gasteiger partial charge in [0.05, 0.1) is 18.6 Å². The predicted octanol–water partition coefficient (Wildman–Crippen LogP) is 3.85. The third kappa shape index (κ3) is 4.69. The molecule has 29 heavy (non-hydrogen) atoms. The number of furan rings is 1. The van der Waals surface area contributed by atoms with Crippen molar-refractivity contribution in [2.24, 2.45) is 0 Å². The van der Waals surface area contributed by atoms with E-state index in [1.807, 2.05) is 28.8 Å². The van der Waals surface area contributed by atoms with E-state index in [1.54, 1.807) is 18.7 Å². The molecule has 0 unspecified atom stereocenters. The van der Waals surface area contributed by atoms with Crippen molar-refractivity contribution >= 4 is 23.4 Å². The molecule has 1 N–H and O–H groups in total. The number of nitrogens with zero attached hydrogens (tertiary/aromatic N) is 4. The average Bonchev–Trinajstić information content (AvgIpc) is 3.39. The third-order valence-electron chi connectivity index (χ3n) is 4.01. The molecule has 0 radical (unpaired) electrons. The minimum atomic E-state index is -0.355. The molecule has 0 bridgehead atoms. The third-order valence-corrected chi connectivity index (χ3v) is 4.98. The van der Waals surface area contributed by atoms with Crippen molar-refractivity contribution in [2.45, 2.75) is 11.7 Å². The standard InChI is InChI=1S/C20H16FN5O2S/c21-15-3-5-16(6-4-15)23-18(27)13-29-20-25-24-19(14-7-9-22-10-8-14)26(20)12-17-2-1-11-28-17/h1-11H,12-13H2,(H,23,27). The molecular weight excluding hydrogens is 393 g/mol. The molecule has 0 fully saturated rings. The molecule has 4 aromatic rings. The largest absolute Gasteiger partial charge is 0.467 e. The quantitative estimate of drug-likeness (QED) is 0.467. The molecule has 0 aliphatic rings. The smallest absolute Gasteiger partial charge is 0.234 e. The molecule has 9 heteroatoms. The Hall–Kier alpha value is -3.46. The van der Waals surface area contributed by atoms with E-state index in [4.69, 9.17) is 4.42 Å². The molecule has 4 rings (SSSR count). The van der Waals surface area contributed by atoms with Gasteiger partial charge in [0, 0.05) is 23.6 Å². The number of halogens is 1. The van der Waals surface area contributed by atoms with E-state index >= 15 is 0 Å². The number of hydrogen-bond donors (Lipinski definition) is 1. The molecule has 146 valence electrons. The number of nitrogens with one attached hydrogen (secondary N) is 1. The molecule has 0 atom stereocenters. The molecule has 1 amide bonds. The Kier molecular flexibility index (Phi) is 5.66. The summed E-state index contributed by atoms with van der Waals surface area (Å²) < 4.78 is 20.3. The van der Waals surface area contributed by atoms with Crippen molar-refractivity contribution < 1.29 is 13.6 Å². The highest BCUT2D eigenvalue weighted by Crippen LogP contribution is 2.25. The molecule has 0 saturated carbocycles. The number of thioether (sulfide) groups is 1. The zero-order valence-electron chi connectivity index (χ0n) is 15.2. The monoisotopic (exact) mass is 409 g/mol. The maximum Gasteiger partial charge on any atom is 0.234 e. The Morgan fingerprint density at radius 1 is 1.10 bits per heavy atom. The fourth-order valence-corrected chi connectivity index (χ4v) is 3.41. The summed E-state index contributed by atoms with van der Waals surface area (Å²) in [6.45, 7) is 0.430. The summed E-state index contributed by atoms with van der Waals surface area (Å²) in [6.07, 6.45) is 4.98. The number of carbonyl (C=O) groups is 1. The van der Waals surface area contributed by atoms with Gasteiger partial charge in [-0.05, 0) is 48.5 Å². The van der Waals surface area contributed by atoms with Crippen LogP contribution in [0.2, 0.25) is 0 Å². The fourth-order valence-electron chi connectivity index (χ4n) is 2.67. The Bertz CT molecular complexity index is 1080. The van der Waals surface area contributed by atoms with Crippen molar-refractivity contribution in [3.8, 4) is 11.4 Å². The second kappa shape index (κ2) is 8.70. The van der Waals surface area contributed by atoms with Gasteiger partial charge in [-0.1, -0.05) is 11.8 Å². The van der Waals surface area contributed by atoms with Gasteiger partial charge in [-0.15, -0.1) is 10.2 Å². The van der Waals surface area contributed by atoms with Crippen molar-refractivity contribution in [3.63, 3.8) is 0 Å². The van der Waals surface area contributed by atoms with E-state index in [9.17, 15) is 9.18 Å². The highest BCUT2D eigenvalue weighted by Gasteiger charge is 2.17. The molecule has 3 aromatic heterocycles. The normalized spacial score (nSPS) is 10.8. The molecule has 0 aliphatic carbocycles. The van der Waals surface area contributed by atoms with E-state index in [0.717, 1.165) is 11.3 Å². The maximum atomic E-state index is 13.0.